The third-order valence-corrected chi connectivity index (χ3v) is 4.77. The first-order chi connectivity index (χ1) is 12.2. The fraction of sp³-hybridized carbons (Fsp3) is 0.300. The topological polar surface area (TPSA) is 66.6 Å². The Hall–Kier alpha value is -2.82. The molecule has 0 bridgehead atoms. The van der Waals surface area contributed by atoms with Crippen LogP contribution in [0.2, 0.25) is 0 Å². The lowest BCUT2D eigenvalue weighted by molar-refractivity contribution is -0.131. The average Bonchev–Trinajstić information content (AvgIpc) is 3.08. The molecule has 1 N–H and O–H groups in total. The van der Waals surface area contributed by atoms with Crippen LogP contribution >= 0.6 is 0 Å². The standard InChI is InChI=1S/C20H20N2O3/c23-17-9-3-1-6-14(17)12-19(24)22-11-5-7-15(13-22)20-21-16-8-2-4-10-18(16)25-20/h1-4,6,8-10,15,23H,5,7,11-13H2. The number of aromatic hydroxyl groups is 1. The minimum atomic E-state index is 0.0299. The molecule has 1 aromatic heterocycles. The Labute approximate surface area is 145 Å². The summed E-state index contributed by atoms with van der Waals surface area (Å²) in [6.07, 6.45) is 2.11. The predicted molar refractivity (Wildman–Crippen MR) is 94.4 cm³/mol. The second kappa shape index (κ2) is 6.59. The van der Waals surface area contributed by atoms with Gasteiger partial charge in [-0.2, -0.15) is 0 Å². The number of amides is 1. The Morgan fingerprint density at radius 1 is 1.20 bits per heavy atom. The molecule has 1 unspecified atom stereocenters. The molecule has 25 heavy (non-hydrogen) atoms. The number of para-hydroxylation sites is 3. The van der Waals surface area contributed by atoms with E-state index in [2.05, 4.69) is 4.98 Å². The highest BCUT2D eigenvalue weighted by Gasteiger charge is 2.28. The summed E-state index contributed by atoms with van der Waals surface area (Å²) in [5, 5.41) is 9.87. The summed E-state index contributed by atoms with van der Waals surface area (Å²) >= 11 is 0. The molecule has 1 atom stereocenters. The number of piperidine rings is 1. The van der Waals surface area contributed by atoms with E-state index in [1.165, 1.54) is 0 Å². The highest BCUT2D eigenvalue weighted by Crippen LogP contribution is 2.29. The minimum absolute atomic E-state index is 0.0299. The number of hydrogen-bond acceptors (Lipinski definition) is 4. The average molecular weight is 336 g/mol. The summed E-state index contributed by atoms with van der Waals surface area (Å²) in [7, 11) is 0. The van der Waals surface area contributed by atoms with Gasteiger partial charge in [-0.1, -0.05) is 30.3 Å². The largest absolute Gasteiger partial charge is 0.508 e. The highest BCUT2D eigenvalue weighted by molar-refractivity contribution is 5.79. The van der Waals surface area contributed by atoms with E-state index in [-0.39, 0.29) is 24.0 Å². The molecule has 1 aliphatic heterocycles. The maximum atomic E-state index is 12.6. The molecule has 5 heteroatoms. The van der Waals surface area contributed by atoms with E-state index in [0.717, 1.165) is 30.5 Å². The molecule has 0 radical (unpaired) electrons. The van der Waals surface area contributed by atoms with Crippen molar-refractivity contribution in [3.8, 4) is 5.75 Å². The number of fused-ring (bicyclic) bond motifs is 1. The summed E-state index contributed by atoms with van der Waals surface area (Å²) in [5.74, 6) is 1.03. The number of rotatable bonds is 3. The van der Waals surface area contributed by atoms with Crippen molar-refractivity contribution in [3.05, 3.63) is 60.0 Å². The zero-order valence-corrected chi connectivity index (χ0v) is 13.9. The zero-order valence-electron chi connectivity index (χ0n) is 13.9. The van der Waals surface area contributed by atoms with Gasteiger partial charge in [0.2, 0.25) is 5.91 Å². The van der Waals surface area contributed by atoms with E-state index >= 15 is 0 Å². The Bertz CT molecular complexity index is 870. The number of nitrogens with zero attached hydrogens (tertiary/aromatic N) is 2. The Morgan fingerprint density at radius 2 is 2.00 bits per heavy atom. The van der Waals surface area contributed by atoms with Gasteiger partial charge in [-0.05, 0) is 31.0 Å². The number of phenolic OH excluding ortho intramolecular Hbond substituents is 1. The lowest BCUT2D eigenvalue weighted by Gasteiger charge is -2.31. The SMILES string of the molecule is O=C(Cc1ccccc1O)N1CCCC(c2nc3ccccc3o2)C1. The highest BCUT2D eigenvalue weighted by atomic mass is 16.3. The van der Waals surface area contributed by atoms with E-state index in [4.69, 9.17) is 4.42 Å². The molecule has 1 amide bonds. The number of likely N-dealkylation sites (tertiary alicyclic amines) is 1. The van der Waals surface area contributed by atoms with Gasteiger partial charge in [-0.3, -0.25) is 4.79 Å². The Kier molecular flexibility index (Phi) is 4.14. The van der Waals surface area contributed by atoms with E-state index in [0.29, 0.717) is 18.0 Å². The fourth-order valence-electron chi connectivity index (χ4n) is 3.40. The van der Waals surface area contributed by atoms with Crippen molar-refractivity contribution in [3.63, 3.8) is 0 Å². The molecule has 1 aliphatic rings. The zero-order chi connectivity index (χ0) is 17.2. The molecule has 3 aromatic rings. The molecular formula is C20H20N2O3. The predicted octanol–water partition coefficient (Wildman–Crippen LogP) is 3.48. The van der Waals surface area contributed by atoms with Crippen molar-refractivity contribution in [2.45, 2.75) is 25.2 Å². The number of benzene rings is 2. The third kappa shape index (κ3) is 3.22. The molecule has 0 saturated carbocycles. The van der Waals surface area contributed by atoms with Crippen LogP contribution in [0, 0.1) is 0 Å². The number of oxazole rings is 1. The van der Waals surface area contributed by atoms with E-state index in [1.54, 1.807) is 18.2 Å². The summed E-state index contributed by atoms with van der Waals surface area (Å²) in [6.45, 7) is 1.35. The van der Waals surface area contributed by atoms with Gasteiger partial charge < -0.3 is 14.4 Å². The molecule has 1 saturated heterocycles. The van der Waals surface area contributed by atoms with Crippen LogP contribution in [0.4, 0.5) is 0 Å². The molecule has 2 heterocycles. The molecule has 0 aliphatic carbocycles. The molecule has 4 rings (SSSR count). The van der Waals surface area contributed by atoms with E-state index < -0.39 is 0 Å². The van der Waals surface area contributed by atoms with Gasteiger partial charge >= 0.3 is 0 Å². The Balaban J connectivity index is 1.48. The van der Waals surface area contributed by atoms with Crippen molar-refractivity contribution in [2.24, 2.45) is 0 Å². The van der Waals surface area contributed by atoms with Crippen molar-refractivity contribution < 1.29 is 14.3 Å². The maximum absolute atomic E-state index is 12.6. The van der Waals surface area contributed by atoms with Crippen LogP contribution in [0.5, 0.6) is 5.75 Å². The minimum Gasteiger partial charge on any atom is -0.508 e. The molecule has 0 spiro atoms. The van der Waals surface area contributed by atoms with E-state index in [1.807, 2.05) is 35.2 Å². The van der Waals surface area contributed by atoms with Gasteiger partial charge in [0.1, 0.15) is 11.3 Å². The maximum Gasteiger partial charge on any atom is 0.227 e. The van der Waals surface area contributed by atoms with Crippen LogP contribution in [0.15, 0.2) is 52.9 Å². The van der Waals surface area contributed by atoms with Gasteiger partial charge in [0, 0.05) is 18.7 Å². The third-order valence-electron chi connectivity index (χ3n) is 4.77. The second-order valence-electron chi connectivity index (χ2n) is 6.50. The molecular weight excluding hydrogens is 316 g/mol. The molecule has 5 nitrogen and oxygen atoms in total. The van der Waals surface area contributed by atoms with Crippen LogP contribution in [-0.4, -0.2) is 34.0 Å². The lowest BCUT2D eigenvalue weighted by Crippen LogP contribution is -2.40. The molecule has 2 aromatic carbocycles. The van der Waals surface area contributed by atoms with Gasteiger partial charge in [0.05, 0.1) is 12.3 Å². The second-order valence-corrected chi connectivity index (χ2v) is 6.50. The van der Waals surface area contributed by atoms with Crippen molar-refractivity contribution in [1.82, 2.24) is 9.88 Å². The van der Waals surface area contributed by atoms with Crippen LogP contribution in [0.25, 0.3) is 11.1 Å². The first-order valence-corrected chi connectivity index (χ1v) is 8.61. The summed E-state index contributed by atoms with van der Waals surface area (Å²) < 4.78 is 5.88. The van der Waals surface area contributed by atoms with Crippen LogP contribution in [-0.2, 0) is 11.2 Å². The number of hydrogen-bond donors (Lipinski definition) is 1. The monoisotopic (exact) mass is 336 g/mol. The van der Waals surface area contributed by atoms with Crippen LogP contribution in [0.1, 0.15) is 30.2 Å². The number of phenols is 1. The molecule has 128 valence electrons. The first-order valence-electron chi connectivity index (χ1n) is 8.61. The van der Waals surface area contributed by atoms with Crippen molar-refractivity contribution in [1.29, 1.82) is 0 Å². The lowest BCUT2D eigenvalue weighted by atomic mass is 9.97. The smallest absolute Gasteiger partial charge is 0.227 e. The summed E-state index contributed by atoms with van der Waals surface area (Å²) in [4.78, 5) is 19.1. The fourth-order valence-corrected chi connectivity index (χ4v) is 3.40. The van der Waals surface area contributed by atoms with Gasteiger partial charge in [0.25, 0.3) is 0 Å². The van der Waals surface area contributed by atoms with Gasteiger partial charge in [0.15, 0.2) is 11.5 Å². The summed E-state index contributed by atoms with van der Waals surface area (Å²) in [5.41, 5.74) is 2.31. The first kappa shape index (κ1) is 15.7. The van der Waals surface area contributed by atoms with Crippen molar-refractivity contribution in [2.75, 3.05) is 13.1 Å². The Morgan fingerprint density at radius 3 is 2.84 bits per heavy atom. The van der Waals surface area contributed by atoms with Gasteiger partial charge in [-0.25, -0.2) is 4.98 Å². The number of carbonyl (C=O) groups excluding carboxylic acids is 1. The quantitative estimate of drug-likeness (QED) is 0.795. The van der Waals surface area contributed by atoms with Crippen LogP contribution in [0.3, 0.4) is 0 Å². The molecule has 1 fully saturated rings. The van der Waals surface area contributed by atoms with Gasteiger partial charge in [-0.15, -0.1) is 0 Å². The number of aromatic nitrogens is 1. The van der Waals surface area contributed by atoms with Crippen LogP contribution < -0.4 is 0 Å². The summed E-state index contributed by atoms with van der Waals surface area (Å²) in [6, 6.07) is 14.7. The number of carbonyl (C=O) groups is 1. The van der Waals surface area contributed by atoms with Crippen molar-refractivity contribution >= 4 is 17.0 Å². The normalized spacial score (nSPS) is 17.8. The van der Waals surface area contributed by atoms with E-state index in [9.17, 15) is 9.90 Å².